The van der Waals surface area contributed by atoms with Gasteiger partial charge in [0, 0.05) is 17.1 Å². The van der Waals surface area contributed by atoms with E-state index >= 15 is 0 Å². The van der Waals surface area contributed by atoms with E-state index in [1.54, 1.807) is 41.9 Å². The molecule has 2 aromatic carbocycles. The van der Waals surface area contributed by atoms with E-state index in [1.807, 2.05) is 13.0 Å². The van der Waals surface area contributed by atoms with Crippen molar-refractivity contribution in [3.05, 3.63) is 92.5 Å². The van der Waals surface area contributed by atoms with Crippen molar-refractivity contribution in [2.75, 3.05) is 4.90 Å². The summed E-state index contributed by atoms with van der Waals surface area (Å²) in [5.74, 6) is -1.07. The molecule has 0 fully saturated rings. The molecule has 3 heterocycles. The molecule has 0 spiro atoms. The van der Waals surface area contributed by atoms with Crippen LogP contribution in [0.5, 0.6) is 0 Å². The summed E-state index contributed by atoms with van der Waals surface area (Å²) >= 11 is 1.24. The third-order valence-electron chi connectivity index (χ3n) is 4.85. The van der Waals surface area contributed by atoms with Crippen molar-refractivity contribution in [3.8, 4) is 0 Å². The zero-order chi connectivity index (χ0) is 19.4. The van der Waals surface area contributed by atoms with Crippen molar-refractivity contribution in [2.24, 2.45) is 0 Å². The first-order chi connectivity index (χ1) is 13.6. The van der Waals surface area contributed by atoms with Crippen molar-refractivity contribution in [1.82, 2.24) is 4.98 Å². The van der Waals surface area contributed by atoms with Gasteiger partial charge in [0.2, 0.25) is 5.76 Å². The molecule has 2 aromatic heterocycles. The number of amides is 1. The summed E-state index contributed by atoms with van der Waals surface area (Å²) in [6.45, 7) is 1.87. The highest BCUT2D eigenvalue weighted by atomic mass is 32.1. The first kappa shape index (κ1) is 16.8. The number of fused-ring (bicyclic) bond motifs is 2. The summed E-state index contributed by atoms with van der Waals surface area (Å²) in [4.78, 5) is 32.1. The zero-order valence-electron chi connectivity index (χ0n) is 14.7. The van der Waals surface area contributed by atoms with Gasteiger partial charge in [0.05, 0.1) is 10.9 Å². The Balaban J connectivity index is 1.87. The van der Waals surface area contributed by atoms with Gasteiger partial charge in [0.1, 0.15) is 17.4 Å². The van der Waals surface area contributed by atoms with Gasteiger partial charge in [0.25, 0.3) is 5.91 Å². The van der Waals surface area contributed by atoms with Crippen LogP contribution in [0.3, 0.4) is 0 Å². The molecule has 5 nitrogen and oxygen atoms in total. The van der Waals surface area contributed by atoms with Gasteiger partial charge in [-0.1, -0.05) is 29.8 Å². The predicted octanol–water partition coefficient (Wildman–Crippen LogP) is 4.45. The van der Waals surface area contributed by atoms with Gasteiger partial charge in [-0.3, -0.25) is 14.5 Å². The molecule has 5 rings (SSSR count). The second-order valence-corrected chi connectivity index (χ2v) is 7.46. The number of hydrogen-bond donors (Lipinski definition) is 0. The number of thiazole rings is 1. The summed E-state index contributed by atoms with van der Waals surface area (Å²) in [5.41, 5.74) is 1.26. The van der Waals surface area contributed by atoms with Crippen molar-refractivity contribution in [3.63, 3.8) is 0 Å². The molecule has 28 heavy (non-hydrogen) atoms. The third kappa shape index (κ3) is 2.33. The molecule has 0 bridgehead atoms. The number of aromatic nitrogens is 1. The van der Waals surface area contributed by atoms with E-state index in [4.69, 9.17) is 4.42 Å². The van der Waals surface area contributed by atoms with Crippen LogP contribution in [-0.2, 0) is 0 Å². The molecule has 1 aliphatic rings. The van der Waals surface area contributed by atoms with Gasteiger partial charge in [-0.15, -0.1) is 11.3 Å². The number of aryl methyl sites for hydroxylation is 1. The number of nitrogens with zero attached hydrogens (tertiary/aromatic N) is 2. The first-order valence-corrected chi connectivity index (χ1v) is 9.49. The van der Waals surface area contributed by atoms with Crippen molar-refractivity contribution < 1.29 is 13.6 Å². The van der Waals surface area contributed by atoms with Crippen LogP contribution >= 0.6 is 11.3 Å². The summed E-state index contributed by atoms with van der Waals surface area (Å²) in [6.07, 6.45) is 1.56. The van der Waals surface area contributed by atoms with Crippen molar-refractivity contribution in [2.45, 2.75) is 13.0 Å². The molecule has 1 aliphatic heterocycles. The van der Waals surface area contributed by atoms with Crippen LogP contribution in [0.25, 0.3) is 11.0 Å². The predicted molar refractivity (Wildman–Crippen MR) is 104 cm³/mol. The molecule has 0 radical (unpaired) electrons. The summed E-state index contributed by atoms with van der Waals surface area (Å²) in [7, 11) is 0. The standard InChI is InChI=1S/C21H13FN2O3S/c1-11-6-7-15-13(10-11)18(25)16-17(12-4-2-3-5-14(12)22)24(20(26)19(16)27-15)21-23-8-9-28-21/h2-10,17H,1H3. The first-order valence-electron chi connectivity index (χ1n) is 8.61. The number of halogens is 1. The lowest BCUT2D eigenvalue weighted by atomic mass is 9.98. The average molecular weight is 392 g/mol. The van der Waals surface area contributed by atoms with Crippen LogP contribution in [0.2, 0.25) is 0 Å². The molecule has 1 unspecified atom stereocenters. The van der Waals surface area contributed by atoms with E-state index < -0.39 is 17.8 Å². The molecule has 1 amide bonds. The van der Waals surface area contributed by atoms with Crippen molar-refractivity contribution in [1.29, 1.82) is 0 Å². The van der Waals surface area contributed by atoms with Crippen LogP contribution in [0.4, 0.5) is 9.52 Å². The number of carbonyl (C=O) groups excluding carboxylic acids is 1. The maximum Gasteiger partial charge on any atom is 0.297 e. The Kier molecular flexibility index (Phi) is 3.67. The van der Waals surface area contributed by atoms with E-state index in [0.29, 0.717) is 16.1 Å². The summed E-state index contributed by atoms with van der Waals surface area (Å²) in [6, 6.07) is 10.4. The molecule has 0 saturated carbocycles. The highest BCUT2D eigenvalue weighted by molar-refractivity contribution is 7.13. The fraction of sp³-hybridized carbons (Fsp3) is 0.0952. The SMILES string of the molecule is Cc1ccc2oc3c(c(=O)c2c1)C(c1ccccc1F)N(c1nccs1)C3=O. The minimum absolute atomic E-state index is 0.0650. The number of benzene rings is 2. The fourth-order valence-corrected chi connectivity index (χ4v) is 4.28. The maximum absolute atomic E-state index is 14.7. The highest BCUT2D eigenvalue weighted by Gasteiger charge is 2.45. The third-order valence-corrected chi connectivity index (χ3v) is 5.62. The normalized spacial score (nSPS) is 16.0. The zero-order valence-corrected chi connectivity index (χ0v) is 15.5. The number of hydrogen-bond acceptors (Lipinski definition) is 5. The second kappa shape index (κ2) is 6.10. The minimum Gasteiger partial charge on any atom is -0.450 e. The Morgan fingerprint density at radius 1 is 1.18 bits per heavy atom. The van der Waals surface area contributed by atoms with Gasteiger partial charge in [-0.2, -0.15) is 0 Å². The van der Waals surface area contributed by atoms with Gasteiger partial charge in [0.15, 0.2) is 10.6 Å². The highest BCUT2D eigenvalue weighted by Crippen LogP contribution is 2.42. The second-order valence-electron chi connectivity index (χ2n) is 6.59. The summed E-state index contributed by atoms with van der Waals surface area (Å²) < 4.78 is 20.5. The Bertz CT molecular complexity index is 1300. The lowest BCUT2D eigenvalue weighted by Gasteiger charge is -2.22. The van der Waals surface area contributed by atoms with Crippen molar-refractivity contribution >= 4 is 33.3 Å². The number of carbonyl (C=O) groups is 1. The van der Waals surface area contributed by atoms with E-state index in [2.05, 4.69) is 4.98 Å². The average Bonchev–Trinajstić information content (AvgIpc) is 3.30. The monoisotopic (exact) mass is 392 g/mol. The summed E-state index contributed by atoms with van der Waals surface area (Å²) in [5, 5.41) is 2.47. The van der Waals surface area contributed by atoms with Crippen LogP contribution in [0.15, 0.2) is 63.3 Å². The lowest BCUT2D eigenvalue weighted by Crippen LogP contribution is -2.29. The van der Waals surface area contributed by atoms with E-state index in [-0.39, 0.29) is 22.3 Å². The molecule has 138 valence electrons. The van der Waals surface area contributed by atoms with Gasteiger partial charge in [-0.25, -0.2) is 9.37 Å². The van der Waals surface area contributed by atoms with Crippen LogP contribution in [-0.4, -0.2) is 10.9 Å². The Hall–Kier alpha value is -3.32. The van der Waals surface area contributed by atoms with Gasteiger partial charge >= 0.3 is 0 Å². The van der Waals surface area contributed by atoms with Crippen LogP contribution in [0, 0.1) is 12.7 Å². The molecule has 0 N–H and O–H groups in total. The minimum atomic E-state index is -0.934. The topological polar surface area (TPSA) is 63.4 Å². The molecule has 4 aromatic rings. The quantitative estimate of drug-likeness (QED) is 0.506. The molecule has 0 saturated heterocycles. The van der Waals surface area contributed by atoms with Crippen LogP contribution in [0.1, 0.15) is 33.3 Å². The Morgan fingerprint density at radius 3 is 2.75 bits per heavy atom. The van der Waals surface area contributed by atoms with E-state index in [9.17, 15) is 14.0 Å². The number of rotatable bonds is 2. The van der Waals surface area contributed by atoms with Gasteiger partial charge < -0.3 is 4.42 Å². The number of anilines is 1. The molecular weight excluding hydrogens is 379 g/mol. The van der Waals surface area contributed by atoms with Crippen LogP contribution < -0.4 is 10.3 Å². The van der Waals surface area contributed by atoms with E-state index in [1.165, 1.54) is 22.3 Å². The maximum atomic E-state index is 14.7. The van der Waals surface area contributed by atoms with Gasteiger partial charge in [-0.05, 0) is 25.1 Å². The molecular formula is C21H13FN2O3S. The fourth-order valence-electron chi connectivity index (χ4n) is 3.61. The molecule has 7 heteroatoms. The van der Waals surface area contributed by atoms with E-state index in [0.717, 1.165) is 5.56 Å². The largest absolute Gasteiger partial charge is 0.450 e. The Morgan fingerprint density at radius 2 is 2.00 bits per heavy atom. The molecule has 0 aliphatic carbocycles. The molecule has 1 atom stereocenters. The Labute approximate surface area is 162 Å². The lowest BCUT2D eigenvalue weighted by molar-refractivity contribution is 0.0970. The smallest absolute Gasteiger partial charge is 0.297 e.